The second kappa shape index (κ2) is 7.63. The number of nitrogens with zero attached hydrogens (tertiary/aromatic N) is 1. The number of amides is 1. The van der Waals surface area contributed by atoms with Crippen LogP contribution < -0.4 is 5.32 Å². The van der Waals surface area contributed by atoms with Crippen LogP contribution in [0.25, 0.3) is 0 Å². The van der Waals surface area contributed by atoms with Crippen LogP contribution in [0.3, 0.4) is 0 Å². The molecule has 1 heterocycles. The molecule has 1 aliphatic heterocycles. The Labute approximate surface area is 98.3 Å². The highest BCUT2D eigenvalue weighted by atomic mass is 16.5. The summed E-state index contributed by atoms with van der Waals surface area (Å²) in [6, 6.07) is 0.594. The van der Waals surface area contributed by atoms with Gasteiger partial charge in [0.25, 0.3) is 0 Å². The smallest absolute Gasteiger partial charge is 0.248 e. The van der Waals surface area contributed by atoms with Crippen molar-refractivity contribution in [3.63, 3.8) is 0 Å². The lowest BCUT2D eigenvalue weighted by Gasteiger charge is -2.32. The lowest BCUT2D eigenvalue weighted by molar-refractivity contribution is -0.137. The van der Waals surface area contributed by atoms with Gasteiger partial charge in [-0.3, -0.25) is 4.79 Å². The zero-order valence-electron chi connectivity index (χ0n) is 10.5. The topological polar surface area (TPSA) is 41.6 Å². The van der Waals surface area contributed by atoms with Gasteiger partial charge in [0, 0.05) is 25.7 Å². The van der Waals surface area contributed by atoms with E-state index >= 15 is 0 Å². The quantitative estimate of drug-likeness (QED) is 0.738. The Morgan fingerprint density at radius 1 is 1.38 bits per heavy atom. The van der Waals surface area contributed by atoms with E-state index in [-0.39, 0.29) is 12.5 Å². The Morgan fingerprint density at radius 2 is 2.06 bits per heavy atom. The van der Waals surface area contributed by atoms with Gasteiger partial charge in [0.05, 0.1) is 0 Å². The molecular weight excluding hydrogens is 204 g/mol. The number of nitrogens with one attached hydrogen (secondary N) is 1. The average molecular weight is 228 g/mol. The van der Waals surface area contributed by atoms with Crippen LogP contribution in [0.5, 0.6) is 0 Å². The summed E-state index contributed by atoms with van der Waals surface area (Å²) in [6.07, 6.45) is 3.30. The summed E-state index contributed by atoms with van der Waals surface area (Å²) < 4.78 is 5.13. The summed E-state index contributed by atoms with van der Waals surface area (Å²) in [5.74, 6) is 0.135. The molecule has 0 spiro atoms. The van der Waals surface area contributed by atoms with Gasteiger partial charge in [0.2, 0.25) is 5.91 Å². The Bertz CT molecular complexity index is 201. The molecule has 0 aromatic heterocycles. The summed E-state index contributed by atoms with van der Waals surface area (Å²) in [6.45, 7) is 7.75. The number of piperidine rings is 1. The van der Waals surface area contributed by atoms with Gasteiger partial charge in [-0.15, -0.1) is 0 Å². The molecule has 4 heteroatoms. The van der Waals surface area contributed by atoms with Crippen LogP contribution in [0.15, 0.2) is 0 Å². The van der Waals surface area contributed by atoms with Crippen molar-refractivity contribution in [3.8, 4) is 0 Å². The second-order valence-electron chi connectivity index (χ2n) is 4.25. The predicted octanol–water partition coefficient (Wildman–Crippen LogP) is 1.01. The maximum Gasteiger partial charge on any atom is 0.248 e. The van der Waals surface area contributed by atoms with Crippen LogP contribution >= 0.6 is 0 Å². The van der Waals surface area contributed by atoms with Crippen molar-refractivity contribution in [1.82, 2.24) is 10.2 Å². The minimum atomic E-state index is 0.135. The largest absolute Gasteiger partial charge is 0.372 e. The molecule has 0 radical (unpaired) electrons. The normalized spacial score (nSPS) is 17.8. The van der Waals surface area contributed by atoms with E-state index in [0.717, 1.165) is 32.5 Å². The molecule has 0 bridgehead atoms. The molecule has 1 aliphatic rings. The van der Waals surface area contributed by atoms with E-state index in [9.17, 15) is 4.79 Å². The van der Waals surface area contributed by atoms with Crippen molar-refractivity contribution in [1.29, 1.82) is 0 Å². The molecule has 1 N–H and O–H groups in total. The molecule has 0 aromatic rings. The number of hydrogen-bond acceptors (Lipinski definition) is 3. The predicted molar refractivity (Wildman–Crippen MR) is 64.4 cm³/mol. The first-order valence-corrected chi connectivity index (χ1v) is 6.36. The van der Waals surface area contributed by atoms with Crippen LogP contribution in [0.4, 0.5) is 0 Å². The van der Waals surface area contributed by atoms with E-state index in [1.807, 2.05) is 11.8 Å². The van der Waals surface area contributed by atoms with Gasteiger partial charge in [-0.05, 0) is 32.7 Å². The van der Waals surface area contributed by atoms with Gasteiger partial charge in [-0.1, -0.05) is 6.92 Å². The van der Waals surface area contributed by atoms with Crippen molar-refractivity contribution in [2.24, 2.45) is 0 Å². The fraction of sp³-hybridized carbons (Fsp3) is 0.917. The molecule has 16 heavy (non-hydrogen) atoms. The van der Waals surface area contributed by atoms with Crippen LogP contribution in [0.2, 0.25) is 0 Å². The highest BCUT2D eigenvalue weighted by Gasteiger charge is 2.21. The third-order valence-corrected chi connectivity index (χ3v) is 2.96. The molecule has 1 fully saturated rings. The Morgan fingerprint density at radius 3 is 2.62 bits per heavy atom. The van der Waals surface area contributed by atoms with Gasteiger partial charge >= 0.3 is 0 Å². The van der Waals surface area contributed by atoms with Crippen molar-refractivity contribution >= 4 is 5.91 Å². The molecule has 0 unspecified atom stereocenters. The number of likely N-dealkylation sites (tertiary alicyclic amines) is 1. The van der Waals surface area contributed by atoms with Crippen LogP contribution in [0.1, 0.15) is 33.1 Å². The minimum absolute atomic E-state index is 0.135. The Balaban J connectivity index is 2.18. The zero-order chi connectivity index (χ0) is 11.8. The maximum atomic E-state index is 11.7. The number of hydrogen-bond donors (Lipinski definition) is 1. The Kier molecular flexibility index (Phi) is 6.42. The molecule has 4 nitrogen and oxygen atoms in total. The molecule has 0 aromatic carbocycles. The van der Waals surface area contributed by atoms with Crippen molar-refractivity contribution in [2.75, 3.05) is 32.8 Å². The molecule has 0 aliphatic carbocycles. The molecule has 0 saturated carbocycles. The van der Waals surface area contributed by atoms with Crippen LogP contribution in [0, 0.1) is 0 Å². The van der Waals surface area contributed by atoms with Gasteiger partial charge < -0.3 is 15.0 Å². The van der Waals surface area contributed by atoms with Crippen molar-refractivity contribution < 1.29 is 9.53 Å². The average Bonchev–Trinajstić information content (AvgIpc) is 2.34. The fourth-order valence-electron chi connectivity index (χ4n) is 1.96. The molecule has 1 amide bonds. The van der Waals surface area contributed by atoms with Gasteiger partial charge in [0.1, 0.15) is 6.61 Å². The Hall–Kier alpha value is -0.610. The lowest BCUT2D eigenvalue weighted by atomic mass is 10.0. The van der Waals surface area contributed by atoms with Crippen molar-refractivity contribution in [3.05, 3.63) is 0 Å². The number of rotatable bonds is 6. The molecule has 1 rings (SSSR count). The SMILES string of the molecule is CCCNC1CCN(C(=O)COCC)CC1. The highest BCUT2D eigenvalue weighted by molar-refractivity contribution is 5.77. The monoisotopic (exact) mass is 228 g/mol. The fourth-order valence-corrected chi connectivity index (χ4v) is 1.96. The molecular formula is C12H24N2O2. The summed E-state index contributed by atoms with van der Waals surface area (Å²) in [5, 5.41) is 3.50. The van der Waals surface area contributed by atoms with E-state index in [4.69, 9.17) is 4.74 Å². The first-order chi connectivity index (χ1) is 7.77. The summed E-state index contributed by atoms with van der Waals surface area (Å²) in [7, 11) is 0. The van der Waals surface area contributed by atoms with Crippen LogP contribution in [-0.2, 0) is 9.53 Å². The third kappa shape index (κ3) is 4.49. The van der Waals surface area contributed by atoms with E-state index in [1.165, 1.54) is 6.42 Å². The second-order valence-corrected chi connectivity index (χ2v) is 4.25. The minimum Gasteiger partial charge on any atom is -0.372 e. The van der Waals surface area contributed by atoms with E-state index in [2.05, 4.69) is 12.2 Å². The zero-order valence-corrected chi connectivity index (χ0v) is 10.5. The van der Waals surface area contributed by atoms with E-state index in [0.29, 0.717) is 12.6 Å². The van der Waals surface area contributed by atoms with Gasteiger partial charge in [0.15, 0.2) is 0 Å². The molecule has 94 valence electrons. The summed E-state index contributed by atoms with van der Waals surface area (Å²) in [4.78, 5) is 13.6. The maximum absolute atomic E-state index is 11.7. The first kappa shape index (κ1) is 13.5. The number of ether oxygens (including phenoxy) is 1. The summed E-state index contributed by atoms with van der Waals surface area (Å²) >= 11 is 0. The summed E-state index contributed by atoms with van der Waals surface area (Å²) in [5.41, 5.74) is 0. The van der Waals surface area contributed by atoms with Crippen molar-refractivity contribution in [2.45, 2.75) is 39.2 Å². The molecule has 1 saturated heterocycles. The first-order valence-electron chi connectivity index (χ1n) is 6.36. The van der Waals surface area contributed by atoms with Gasteiger partial charge in [-0.2, -0.15) is 0 Å². The van der Waals surface area contributed by atoms with Crippen LogP contribution in [-0.4, -0.2) is 49.7 Å². The standard InChI is InChI=1S/C12H24N2O2/c1-3-7-13-11-5-8-14(9-6-11)12(15)10-16-4-2/h11,13H,3-10H2,1-2H3. The van der Waals surface area contributed by atoms with Gasteiger partial charge in [-0.25, -0.2) is 0 Å². The highest BCUT2D eigenvalue weighted by Crippen LogP contribution is 2.10. The molecule has 0 atom stereocenters. The third-order valence-electron chi connectivity index (χ3n) is 2.96. The van der Waals surface area contributed by atoms with E-state index < -0.39 is 0 Å². The number of carbonyl (C=O) groups excluding carboxylic acids is 1. The lowest BCUT2D eigenvalue weighted by Crippen LogP contribution is -2.46. The number of carbonyl (C=O) groups is 1. The van der Waals surface area contributed by atoms with E-state index in [1.54, 1.807) is 0 Å².